The Bertz CT molecular complexity index is 577. The summed E-state index contributed by atoms with van der Waals surface area (Å²) in [6.45, 7) is 3.20. The summed E-state index contributed by atoms with van der Waals surface area (Å²) in [6, 6.07) is 0. The quantitative estimate of drug-likeness (QED) is 0.438. The molecule has 0 atom stereocenters. The highest BCUT2D eigenvalue weighted by Gasteiger charge is 2.46. The molecular formula is C13H18F2O7S. The number of ether oxygens (including phenoxy) is 2. The highest BCUT2D eigenvalue weighted by molar-refractivity contribution is 7.86. The predicted molar refractivity (Wildman–Crippen MR) is 74.1 cm³/mol. The SMILES string of the molecule is C=C(C)C(=O)OC1CCC(C(=O)OCC(F)(F)S(=O)(=O)O)CC1. The second-order valence-electron chi connectivity index (χ2n) is 5.38. The highest BCUT2D eigenvalue weighted by atomic mass is 32.2. The summed E-state index contributed by atoms with van der Waals surface area (Å²) in [4.78, 5) is 23.0. The fraction of sp³-hybridized carbons (Fsp3) is 0.692. The zero-order valence-electron chi connectivity index (χ0n) is 12.5. The van der Waals surface area contributed by atoms with E-state index in [1.54, 1.807) is 0 Å². The minimum atomic E-state index is -5.64. The molecule has 132 valence electrons. The number of carbonyl (C=O) groups is 2. The number of rotatable bonds is 6. The molecule has 23 heavy (non-hydrogen) atoms. The van der Waals surface area contributed by atoms with Gasteiger partial charge in [-0.2, -0.15) is 17.2 Å². The summed E-state index contributed by atoms with van der Waals surface area (Å²) < 4.78 is 64.4. The van der Waals surface area contributed by atoms with Crippen molar-refractivity contribution < 1.29 is 40.8 Å². The summed E-state index contributed by atoms with van der Waals surface area (Å²) in [7, 11) is -5.64. The Morgan fingerprint density at radius 3 is 2.22 bits per heavy atom. The molecule has 1 rings (SSSR count). The first-order chi connectivity index (χ1) is 10.4. The number of hydrogen-bond acceptors (Lipinski definition) is 6. The fourth-order valence-corrected chi connectivity index (χ4v) is 2.22. The Hall–Kier alpha value is -1.55. The molecule has 0 aromatic heterocycles. The van der Waals surface area contributed by atoms with Crippen molar-refractivity contribution in [3.63, 3.8) is 0 Å². The smallest absolute Gasteiger partial charge is 0.402 e. The van der Waals surface area contributed by atoms with Crippen molar-refractivity contribution in [2.45, 2.75) is 44.0 Å². The van der Waals surface area contributed by atoms with Crippen molar-refractivity contribution in [2.24, 2.45) is 5.92 Å². The summed E-state index contributed by atoms with van der Waals surface area (Å²) in [5, 5.41) is -4.54. The van der Waals surface area contributed by atoms with Gasteiger partial charge in [0.25, 0.3) is 0 Å². The minimum absolute atomic E-state index is 0.249. The van der Waals surface area contributed by atoms with E-state index in [1.807, 2.05) is 0 Å². The van der Waals surface area contributed by atoms with Crippen LogP contribution in [0, 0.1) is 5.92 Å². The molecule has 0 saturated heterocycles. The van der Waals surface area contributed by atoms with Crippen molar-refractivity contribution in [1.29, 1.82) is 0 Å². The predicted octanol–water partition coefficient (Wildman–Crippen LogP) is 1.69. The van der Waals surface area contributed by atoms with E-state index in [0.717, 1.165) is 0 Å². The van der Waals surface area contributed by atoms with E-state index in [9.17, 15) is 26.8 Å². The fourth-order valence-electron chi connectivity index (χ4n) is 2.02. The van der Waals surface area contributed by atoms with Gasteiger partial charge in [0.05, 0.1) is 5.92 Å². The van der Waals surface area contributed by atoms with Gasteiger partial charge in [0.15, 0.2) is 6.61 Å². The van der Waals surface area contributed by atoms with Crippen molar-refractivity contribution in [1.82, 2.24) is 0 Å². The van der Waals surface area contributed by atoms with Crippen LogP contribution in [0.1, 0.15) is 32.6 Å². The standard InChI is InChI=1S/C13H18F2O7S/c1-8(2)11(16)22-10-5-3-9(4-6-10)12(17)21-7-13(14,15)23(18,19)20/h9-10H,1,3-7H2,2H3,(H,18,19,20). The van der Waals surface area contributed by atoms with E-state index in [4.69, 9.17) is 9.29 Å². The molecule has 1 N–H and O–H groups in total. The lowest BCUT2D eigenvalue weighted by Gasteiger charge is -2.27. The lowest BCUT2D eigenvalue weighted by atomic mass is 9.87. The Labute approximate surface area is 132 Å². The first kappa shape index (κ1) is 19.5. The zero-order valence-corrected chi connectivity index (χ0v) is 13.3. The van der Waals surface area contributed by atoms with Crippen LogP contribution >= 0.6 is 0 Å². The Morgan fingerprint density at radius 1 is 1.26 bits per heavy atom. The number of halogens is 2. The molecule has 1 fully saturated rings. The molecule has 10 heteroatoms. The summed E-state index contributed by atoms with van der Waals surface area (Å²) in [5.74, 6) is -2.20. The van der Waals surface area contributed by atoms with Gasteiger partial charge in [0, 0.05) is 5.57 Å². The lowest BCUT2D eigenvalue weighted by Crippen LogP contribution is -2.36. The van der Waals surface area contributed by atoms with E-state index in [1.165, 1.54) is 6.92 Å². The van der Waals surface area contributed by atoms with Crippen LogP contribution in [0.5, 0.6) is 0 Å². The van der Waals surface area contributed by atoms with Crippen LogP contribution in [0.2, 0.25) is 0 Å². The first-order valence-electron chi connectivity index (χ1n) is 6.82. The normalized spacial score (nSPS) is 22.3. The van der Waals surface area contributed by atoms with Crippen LogP contribution < -0.4 is 0 Å². The van der Waals surface area contributed by atoms with Crippen LogP contribution in [-0.2, 0) is 29.2 Å². The van der Waals surface area contributed by atoms with Gasteiger partial charge in [0.2, 0.25) is 0 Å². The molecule has 0 amide bonds. The van der Waals surface area contributed by atoms with Crippen LogP contribution in [0.4, 0.5) is 8.78 Å². The van der Waals surface area contributed by atoms with E-state index < -0.39 is 39.8 Å². The second-order valence-corrected chi connectivity index (χ2v) is 6.93. The molecule has 0 unspecified atom stereocenters. The molecule has 1 saturated carbocycles. The van der Waals surface area contributed by atoms with Crippen molar-refractivity contribution in [3.8, 4) is 0 Å². The second kappa shape index (κ2) is 7.35. The van der Waals surface area contributed by atoms with E-state index in [2.05, 4.69) is 11.3 Å². The molecule has 0 aliphatic heterocycles. The third-order valence-electron chi connectivity index (χ3n) is 3.39. The van der Waals surface area contributed by atoms with E-state index in [-0.39, 0.29) is 24.5 Å². The van der Waals surface area contributed by atoms with Crippen molar-refractivity contribution >= 4 is 22.1 Å². The average Bonchev–Trinajstić information content (AvgIpc) is 2.44. The Balaban J connectivity index is 2.44. The zero-order chi connectivity index (χ0) is 17.8. The monoisotopic (exact) mass is 356 g/mol. The molecule has 0 bridgehead atoms. The van der Waals surface area contributed by atoms with Crippen LogP contribution in [-0.4, -0.2) is 42.9 Å². The van der Waals surface area contributed by atoms with Gasteiger partial charge < -0.3 is 9.47 Å². The van der Waals surface area contributed by atoms with Crippen molar-refractivity contribution in [3.05, 3.63) is 12.2 Å². The lowest BCUT2D eigenvalue weighted by molar-refractivity contribution is -0.157. The van der Waals surface area contributed by atoms with Crippen molar-refractivity contribution in [2.75, 3.05) is 6.61 Å². The average molecular weight is 356 g/mol. The number of carbonyl (C=O) groups excluding carboxylic acids is 2. The topological polar surface area (TPSA) is 107 Å². The number of esters is 2. The van der Waals surface area contributed by atoms with Crippen LogP contribution in [0.15, 0.2) is 12.2 Å². The molecule has 1 aliphatic rings. The van der Waals surface area contributed by atoms with E-state index >= 15 is 0 Å². The maximum atomic E-state index is 13.0. The molecule has 0 heterocycles. The number of hydrogen-bond donors (Lipinski definition) is 1. The third kappa shape index (κ3) is 5.54. The minimum Gasteiger partial charge on any atom is -0.459 e. The number of alkyl halides is 2. The Kier molecular flexibility index (Phi) is 6.23. The largest absolute Gasteiger partial charge is 0.459 e. The van der Waals surface area contributed by atoms with Gasteiger partial charge >= 0.3 is 27.3 Å². The van der Waals surface area contributed by atoms with Gasteiger partial charge in [-0.3, -0.25) is 9.35 Å². The molecule has 0 aromatic carbocycles. The molecular weight excluding hydrogens is 338 g/mol. The highest BCUT2D eigenvalue weighted by Crippen LogP contribution is 2.29. The Morgan fingerprint density at radius 2 is 1.78 bits per heavy atom. The maximum Gasteiger partial charge on any atom is 0.402 e. The molecule has 0 radical (unpaired) electrons. The van der Waals surface area contributed by atoms with Gasteiger partial charge in [0.1, 0.15) is 6.10 Å². The first-order valence-corrected chi connectivity index (χ1v) is 8.26. The summed E-state index contributed by atoms with van der Waals surface area (Å²) in [6.07, 6.45) is 0.831. The molecule has 7 nitrogen and oxygen atoms in total. The van der Waals surface area contributed by atoms with Gasteiger partial charge in [-0.15, -0.1) is 0 Å². The van der Waals surface area contributed by atoms with Gasteiger partial charge in [-0.25, -0.2) is 4.79 Å². The summed E-state index contributed by atoms with van der Waals surface area (Å²) >= 11 is 0. The van der Waals surface area contributed by atoms with Gasteiger partial charge in [-0.05, 0) is 32.6 Å². The summed E-state index contributed by atoms with van der Waals surface area (Å²) in [5.41, 5.74) is 0.249. The van der Waals surface area contributed by atoms with E-state index in [0.29, 0.717) is 12.8 Å². The van der Waals surface area contributed by atoms with Crippen LogP contribution in [0.3, 0.4) is 0 Å². The van der Waals surface area contributed by atoms with Crippen LogP contribution in [0.25, 0.3) is 0 Å². The molecule has 0 spiro atoms. The molecule has 0 aromatic rings. The van der Waals surface area contributed by atoms with Gasteiger partial charge in [-0.1, -0.05) is 6.58 Å². The maximum absolute atomic E-state index is 13.0. The third-order valence-corrected chi connectivity index (χ3v) is 4.26. The molecule has 1 aliphatic carbocycles.